The van der Waals surface area contributed by atoms with E-state index >= 15 is 4.39 Å². The normalized spacial score (nSPS) is 18.6. The number of ether oxygens (including phenoxy) is 1. The van der Waals surface area contributed by atoms with Crippen LogP contribution in [0.4, 0.5) is 16.0 Å². The summed E-state index contributed by atoms with van der Waals surface area (Å²) in [5.41, 5.74) is 8.84. The third-order valence-electron chi connectivity index (χ3n) is 5.43. The number of hydrogen-bond acceptors (Lipinski definition) is 8. The summed E-state index contributed by atoms with van der Waals surface area (Å²) in [7, 11) is 0. The molecule has 4 heterocycles. The van der Waals surface area contributed by atoms with Gasteiger partial charge in [-0.3, -0.25) is 0 Å². The molecule has 0 bridgehead atoms. The van der Waals surface area contributed by atoms with Crippen LogP contribution in [0.15, 0.2) is 48.2 Å². The quantitative estimate of drug-likeness (QED) is 0.432. The van der Waals surface area contributed by atoms with Crippen LogP contribution in [0.5, 0.6) is 11.8 Å². The molecular formula is C23H26FN7OS. The van der Waals surface area contributed by atoms with Crippen LogP contribution in [0.2, 0.25) is 0 Å². The minimum Gasteiger partial charge on any atom is -0.421 e. The predicted octanol–water partition coefficient (Wildman–Crippen LogP) is 4.06. The number of aromatic nitrogens is 3. The Hall–Kier alpha value is -3.24. The van der Waals surface area contributed by atoms with Crippen molar-refractivity contribution < 1.29 is 9.13 Å². The van der Waals surface area contributed by atoms with Crippen molar-refractivity contribution in [2.24, 2.45) is 0 Å². The lowest BCUT2D eigenvalue weighted by atomic mass is 10.2. The molecule has 0 radical (unpaired) electrons. The van der Waals surface area contributed by atoms with Crippen molar-refractivity contribution in [3.8, 4) is 11.8 Å². The number of halogens is 1. The lowest BCUT2D eigenvalue weighted by molar-refractivity contribution is 0.414. The second-order valence-electron chi connectivity index (χ2n) is 7.90. The van der Waals surface area contributed by atoms with Crippen LogP contribution in [0.25, 0.3) is 10.9 Å². The van der Waals surface area contributed by atoms with Gasteiger partial charge in [0.1, 0.15) is 17.8 Å². The number of allylic oxidation sites excluding steroid dienone is 2. The molecule has 2 aliphatic heterocycles. The fourth-order valence-corrected chi connectivity index (χ4v) is 4.79. The van der Waals surface area contributed by atoms with Crippen LogP contribution in [0.1, 0.15) is 12.6 Å². The Kier molecular flexibility index (Phi) is 6.10. The van der Waals surface area contributed by atoms with Gasteiger partial charge < -0.3 is 25.4 Å². The largest absolute Gasteiger partial charge is 0.421 e. The third-order valence-corrected chi connectivity index (χ3v) is 6.38. The van der Waals surface area contributed by atoms with Gasteiger partial charge in [0.15, 0.2) is 11.6 Å². The first-order valence-corrected chi connectivity index (χ1v) is 12.0. The number of aryl methyl sites for hydroxylation is 1. The van der Waals surface area contributed by atoms with Crippen molar-refractivity contribution in [3.05, 3.63) is 59.7 Å². The summed E-state index contributed by atoms with van der Waals surface area (Å²) in [6, 6.07) is 7.17. The molecule has 3 aromatic rings. The van der Waals surface area contributed by atoms with Crippen molar-refractivity contribution in [3.63, 3.8) is 0 Å². The molecule has 8 nitrogen and oxygen atoms in total. The minimum atomic E-state index is -0.435. The zero-order chi connectivity index (χ0) is 22.8. The number of nitrogens with zero attached hydrogens (tertiary/aromatic N) is 3. The van der Waals surface area contributed by atoms with Gasteiger partial charge in [0.2, 0.25) is 0 Å². The highest BCUT2D eigenvalue weighted by molar-refractivity contribution is 7.99. The number of benzene rings is 1. The van der Waals surface area contributed by atoms with Crippen LogP contribution in [0.3, 0.4) is 0 Å². The summed E-state index contributed by atoms with van der Waals surface area (Å²) < 4.78 is 21.0. The topological polar surface area (TPSA) is 90.1 Å². The van der Waals surface area contributed by atoms with Gasteiger partial charge >= 0.3 is 6.01 Å². The Balaban J connectivity index is 1.45. The smallest absolute Gasteiger partial charge is 0.326 e. The number of anilines is 2. The molecule has 0 saturated carbocycles. The van der Waals surface area contributed by atoms with E-state index in [1.54, 1.807) is 18.2 Å². The van der Waals surface area contributed by atoms with E-state index in [1.165, 1.54) is 0 Å². The van der Waals surface area contributed by atoms with E-state index in [2.05, 4.69) is 36.0 Å². The van der Waals surface area contributed by atoms with Gasteiger partial charge in [-0.25, -0.2) is 9.82 Å². The van der Waals surface area contributed by atoms with Crippen molar-refractivity contribution in [1.29, 1.82) is 0 Å². The number of nitrogens with one attached hydrogen (secondary N) is 4. The predicted molar refractivity (Wildman–Crippen MR) is 131 cm³/mol. The lowest BCUT2D eigenvalue weighted by Crippen LogP contribution is -2.37. The van der Waals surface area contributed by atoms with E-state index in [0.717, 1.165) is 47.3 Å². The summed E-state index contributed by atoms with van der Waals surface area (Å²) in [6.07, 6.45) is 5.78. The number of thioether (sulfide) groups is 1. The molecule has 10 heteroatoms. The number of rotatable bonds is 6. The number of H-pyrrole nitrogens is 1. The molecular weight excluding hydrogens is 441 g/mol. The maximum absolute atomic E-state index is 15.1. The van der Waals surface area contributed by atoms with E-state index in [0.29, 0.717) is 11.2 Å². The summed E-state index contributed by atoms with van der Waals surface area (Å²) >= 11 is 1.92. The second kappa shape index (κ2) is 9.32. The van der Waals surface area contributed by atoms with Crippen molar-refractivity contribution in [2.45, 2.75) is 20.0 Å². The standard InChI is InChI=1S/C23H26FN7OS/c1-3-4-15-12-20(30-29-15)26-19-13-21(31-7-9-33-10-8-31)28-23(27-19)32-18-6-5-17-16(22(18)24)11-14(2)25-17/h3-6,11-13,20,25,29-30H,7-10H2,1-2H3,(H,26,27,28)/b4-3+. The molecule has 0 spiro atoms. The van der Waals surface area contributed by atoms with Gasteiger partial charge in [0.25, 0.3) is 0 Å². The Labute approximate surface area is 195 Å². The molecule has 2 aliphatic rings. The fourth-order valence-electron chi connectivity index (χ4n) is 3.89. The van der Waals surface area contributed by atoms with Gasteiger partial charge in [0.05, 0.1) is 0 Å². The lowest BCUT2D eigenvalue weighted by Gasteiger charge is -2.28. The van der Waals surface area contributed by atoms with Crippen molar-refractivity contribution in [1.82, 2.24) is 25.8 Å². The Morgan fingerprint density at radius 3 is 2.91 bits per heavy atom. The molecule has 1 fully saturated rings. The number of hydrogen-bond donors (Lipinski definition) is 4. The van der Waals surface area contributed by atoms with E-state index < -0.39 is 5.82 Å². The molecule has 1 unspecified atom stereocenters. The molecule has 0 aliphatic carbocycles. The summed E-state index contributed by atoms with van der Waals surface area (Å²) in [5, 5.41) is 3.82. The van der Waals surface area contributed by atoms with E-state index in [-0.39, 0.29) is 17.9 Å². The molecule has 1 saturated heterocycles. The average molecular weight is 468 g/mol. The molecule has 4 N–H and O–H groups in total. The van der Waals surface area contributed by atoms with Gasteiger partial charge in [-0.15, -0.1) is 0 Å². The van der Waals surface area contributed by atoms with E-state index in [9.17, 15) is 0 Å². The van der Waals surface area contributed by atoms with Crippen molar-refractivity contribution in [2.75, 3.05) is 34.8 Å². The molecule has 1 aromatic carbocycles. The Morgan fingerprint density at radius 1 is 1.24 bits per heavy atom. The van der Waals surface area contributed by atoms with Crippen LogP contribution in [-0.2, 0) is 0 Å². The zero-order valence-electron chi connectivity index (χ0n) is 18.5. The number of hydrazine groups is 1. The van der Waals surface area contributed by atoms with Crippen LogP contribution in [0, 0.1) is 12.7 Å². The Bertz CT molecular complexity index is 1220. The van der Waals surface area contributed by atoms with E-state index in [1.807, 2.05) is 49.9 Å². The summed E-state index contributed by atoms with van der Waals surface area (Å²) in [6.45, 7) is 5.63. The number of fused-ring (bicyclic) bond motifs is 1. The van der Waals surface area contributed by atoms with Gasteiger partial charge in [0, 0.05) is 53.0 Å². The highest BCUT2D eigenvalue weighted by Crippen LogP contribution is 2.31. The average Bonchev–Trinajstić information content (AvgIpc) is 3.42. The van der Waals surface area contributed by atoms with Gasteiger partial charge in [-0.05, 0) is 44.2 Å². The number of aromatic amines is 1. The van der Waals surface area contributed by atoms with Crippen LogP contribution < -0.4 is 25.8 Å². The Morgan fingerprint density at radius 2 is 2.09 bits per heavy atom. The first-order chi connectivity index (χ1) is 16.1. The fraction of sp³-hybridized carbons (Fsp3) is 0.304. The monoisotopic (exact) mass is 467 g/mol. The summed E-state index contributed by atoms with van der Waals surface area (Å²) in [5.74, 6) is 3.06. The maximum atomic E-state index is 15.1. The zero-order valence-corrected chi connectivity index (χ0v) is 19.3. The third kappa shape index (κ3) is 4.76. The second-order valence-corrected chi connectivity index (χ2v) is 9.12. The van der Waals surface area contributed by atoms with Crippen molar-refractivity contribution >= 4 is 34.3 Å². The first-order valence-electron chi connectivity index (χ1n) is 10.9. The summed E-state index contributed by atoms with van der Waals surface area (Å²) in [4.78, 5) is 14.5. The molecule has 33 heavy (non-hydrogen) atoms. The maximum Gasteiger partial charge on any atom is 0.326 e. The van der Waals surface area contributed by atoms with Gasteiger partial charge in [-0.1, -0.05) is 6.08 Å². The van der Waals surface area contributed by atoms with Crippen LogP contribution >= 0.6 is 11.8 Å². The molecule has 5 rings (SSSR count). The highest BCUT2D eigenvalue weighted by Gasteiger charge is 2.20. The molecule has 172 valence electrons. The highest BCUT2D eigenvalue weighted by atomic mass is 32.2. The molecule has 2 aromatic heterocycles. The minimum absolute atomic E-state index is 0.0923. The molecule has 0 amide bonds. The first kappa shape index (κ1) is 21.6. The molecule has 1 atom stereocenters. The van der Waals surface area contributed by atoms with E-state index in [4.69, 9.17) is 4.74 Å². The van der Waals surface area contributed by atoms with Crippen LogP contribution in [-0.4, -0.2) is 45.7 Å². The van der Waals surface area contributed by atoms with Gasteiger partial charge in [-0.2, -0.15) is 21.7 Å². The SMILES string of the molecule is C/C=C/C1=CC(Nc2cc(N3CCSCC3)nc(Oc3ccc4[nH]c(C)cc4c3F)n2)NN1.